The van der Waals surface area contributed by atoms with Crippen LogP contribution >= 0.6 is 0 Å². The maximum Gasteiger partial charge on any atom is 0.410 e. The summed E-state index contributed by atoms with van der Waals surface area (Å²) in [7, 11) is -3.85. The first-order valence-corrected chi connectivity index (χ1v) is 11.5. The molecule has 12 heteroatoms. The second-order valence-electron chi connectivity index (χ2n) is 7.58. The largest absolute Gasteiger partial charge is 0.448 e. The van der Waals surface area contributed by atoms with Gasteiger partial charge >= 0.3 is 12.1 Å². The number of sulfone groups is 1. The second-order valence-corrected chi connectivity index (χ2v) is 10.0. The molecule has 1 aromatic heterocycles. The molecule has 0 aromatic carbocycles. The van der Waals surface area contributed by atoms with Crippen molar-refractivity contribution >= 4 is 27.9 Å². The lowest BCUT2D eigenvalue weighted by Gasteiger charge is -2.27. The predicted molar refractivity (Wildman–Crippen MR) is 111 cm³/mol. The minimum atomic E-state index is -3.85. The monoisotopic (exact) mass is 462 g/mol. The number of carbonyl (C=O) groups excluding carboxylic acids is 3. The lowest BCUT2D eigenvalue weighted by Crippen LogP contribution is -2.50. The predicted octanol–water partition coefficient (Wildman–Crippen LogP) is -0.222. The maximum absolute atomic E-state index is 12.6. The lowest BCUT2D eigenvalue weighted by molar-refractivity contribution is -0.131. The summed E-state index contributed by atoms with van der Waals surface area (Å²) in [5, 5.41) is 8.89. The number of hydrogen-bond donors (Lipinski definition) is 2. The van der Waals surface area contributed by atoms with Gasteiger partial charge in [-0.3, -0.25) is 19.5 Å². The van der Waals surface area contributed by atoms with Crippen molar-refractivity contribution in [1.29, 1.82) is 0 Å². The van der Waals surface area contributed by atoms with Gasteiger partial charge in [0, 0.05) is 30.3 Å². The average molecular weight is 462 g/mol. The fourth-order valence-corrected chi connectivity index (χ4v) is 4.10. The molecule has 1 unspecified atom stereocenters. The molecule has 3 rings (SSSR count). The van der Waals surface area contributed by atoms with Gasteiger partial charge in [0.1, 0.15) is 6.61 Å². The lowest BCUT2D eigenvalue weighted by atomic mass is 10.1. The SMILES string of the molecule is CC(CCN1Cc2cc(C#CC#CCN3CCOC3=O)cn2C1=O)(C(=O)NO)S(C)(=O)=O. The zero-order valence-electron chi connectivity index (χ0n) is 17.5. The summed E-state index contributed by atoms with van der Waals surface area (Å²) in [4.78, 5) is 38.7. The molecule has 1 saturated heterocycles. The van der Waals surface area contributed by atoms with E-state index in [9.17, 15) is 22.8 Å². The summed E-state index contributed by atoms with van der Waals surface area (Å²) < 4.78 is 28.4. The van der Waals surface area contributed by atoms with Crippen LogP contribution in [0.2, 0.25) is 0 Å². The Hall–Kier alpha value is -3.48. The Morgan fingerprint density at radius 3 is 2.66 bits per heavy atom. The number of amides is 3. The van der Waals surface area contributed by atoms with E-state index in [0.29, 0.717) is 24.4 Å². The van der Waals surface area contributed by atoms with Crippen molar-refractivity contribution in [2.75, 3.05) is 32.5 Å². The number of cyclic esters (lactones) is 1. The molecule has 1 atom stereocenters. The molecule has 2 aliphatic heterocycles. The van der Waals surface area contributed by atoms with Gasteiger partial charge in [0.25, 0.3) is 5.91 Å². The number of nitrogens with one attached hydrogen (secondary N) is 1. The van der Waals surface area contributed by atoms with E-state index in [1.54, 1.807) is 12.3 Å². The van der Waals surface area contributed by atoms with Crippen molar-refractivity contribution < 1.29 is 32.7 Å². The van der Waals surface area contributed by atoms with Gasteiger partial charge in [-0.15, -0.1) is 0 Å². The number of fused-ring (bicyclic) bond motifs is 1. The molecule has 0 saturated carbocycles. The van der Waals surface area contributed by atoms with Crippen molar-refractivity contribution in [3.63, 3.8) is 0 Å². The van der Waals surface area contributed by atoms with Crippen LogP contribution in [0.5, 0.6) is 0 Å². The van der Waals surface area contributed by atoms with Gasteiger partial charge in [0.15, 0.2) is 14.6 Å². The number of rotatable bonds is 6. The van der Waals surface area contributed by atoms with Crippen LogP contribution in [0.3, 0.4) is 0 Å². The van der Waals surface area contributed by atoms with Gasteiger partial charge in [0.2, 0.25) is 0 Å². The molecule has 32 heavy (non-hydrogen) atoms. The van der Waals surface area contributed by atoms with Crippen molar-refractivity contribution in [3.05, 3.63) is 23.5 Å². The number of nitrogens with zero attached hydrogens (tertiary/aromatic N) is 3. The molecule has 0 spiro atoms. The Morgan fingerprint density at radius 1 is 1.31 bits per heavy atom. The van der Waals surface area contributed by atoms with Gasteiger partial charge in [0.05, 0.1) is 19.6 Å². The first-order valence-electron chi connectivity index (χ1n) is 9.62. The van der Waals surface area contributed by atoms with E-state index >= 15 is 0 Å². The highest BCUT2D eigenvalue weighted by molar-refractivity contribution is 7.92. The fourth-order valence-electron chi connectivity index (χ4n) is 3.25. The third kappa shape index (κ3) is 4.56. The summed E-state index contributed by atoms with van der Waals surface area (Å²) in [6, 6.07) is 1.35. The molecule has 0 radical (unpaired) electrons. The number of carbonyl (C=O) groups is 3. The highest BCUT2D eigenvalue weighted by Crippen LogP contribution is 2.25. The van der Waals surface area contributed by atoms with E-state index in [2.05, 4.69) is 23.7 Å². The van der Waals surface area contributed by atoms with Crippen LogP contribution in [0.15, 0.2) is 12.3 Å². The summed E-state index contributed by atoms with van der Waals surface area (Å²) in [6.45, 7) is 2.52. The standard InChI is InChI=1S/C20H22N4O7S/c1-20(17(25)21-28,32(2,29)30)7-9-23-14-16-12-15(13-24(16)18(23)26)6-4-3-5-8-22-10-11-31-19(22)27/h12-13,28H,7-11,14H2,1-2H3,(H,21,25). The first kappa shape index (κ1) is 23.2. The highest BCUT2D eigenvalue weighted by atomic mass is 32.2. The third-order valence-corrected chi connectivity index (χ3v) is 7.49. The van der Waals surface area contributed by atoms with Crippen LogP contribution in [-0.2, 0) is 25.9 Å². The Kier molecular flexibility index (Phi) is 6.48. The normalized spacial score (nSPS) is 17.0. The molecule has 2 aliphatic rings. The second kappa shape index (κ2) is 8.94. The molecule has 2 N–H and O–H groups in total. The van der Waals surface area contributed by atoms with Crippen LogP contribution in [0.4, 0.5) is 9.59 Å². The topological polar surface area (TPSA) is 138 Å². The molecule has 3 amide bonds. The molecule has 1 aromatic rings. The van der Waals surface area contributed by atoms with Crippen molar-refractivity contribution in [2.45, 2.75) is 24.6 Å². The summed E-state index contributed by atoms with van der Waals surface area (Å²) in [6.07, 6.45) is 1.89. The molecule has 1 fully saturated rings. The Balaban J connectivity index is 1.61. The first-order chi connectivity index (χ1) is 15.1. The summed E-state index contributed by atoms with van der Waals surface area (Å²) in [5.74, 6) is 9.88. The fraction of sp³-hybridized carbons (Fsp3) is 0.450. The quantitative estimate of drug-likeness (QED) is 0.339. The Labute approximate surface area is 185 Å². The summed E-state index contributed by atoms with van der Waals surface area (Å²) in [5.41, 5.74) is 2.64. The van der Waals surface area contributed by atoms with E-state index in [-0.39, 0.29) is 32.1 Å². The number of aromatic nitrogens is 1. The van der Waals surface area contributed by atoms with E-state index in [0.717, 1.165) is 6.26 Å². The minimum absolute atomic E-state index is 0.00290. The van der Waals surface area contributed by atoms with Gasteiger partial charge < -0.3 is 9.64 Å². The minimum Gasteiger partial charge on any atom is -0.448 e. The van der Waals surface area contributed by atoms with Gasteiger partial charge in [-0.25, -0.2) is 23.5 Å². The molecule has 0 aliphatic carbocycles. The van der Waals surface area contributed by atoms with E-state index < -0.39 is 26.6 Å². The van der Waals surface area contributed by atoms with Crippen LogP contribution in [0.1, 0.15) is 24.6 Å². The van der Waals surface area contributed by atoms with Gasteiger partial charge in [-0.05, 0) is 31.3 Å². The zero-order valence-corrected chi connectivity index (χ0v) is 18.4. The van der Waals surface area contributed by atoms with Crippen LogP contribution in [0, 0.1) is 23.7 Å². The van der Waals surface area contributed by atoms with Crippen molar-refractivity contribution in [2.24, 2.45) is 0 Å². The highest BCUT2D eigenvalue weighted by Gasteiger charge is 2.44. The summed E-state index contributed by atoms with van der Waals surface area (Å²) >= 11 is 0. The van der Waals surface area contributed by atoms with Crippen LogP contribution in [0.25, 0.3) is 0 Å². The van der Waals surface area contributed by atoms with Gasteiger partial charge in [-0.1, -0.05) is 11.8 Å². The number of ether oxygens (including phenoxy) is 1. The zero-order chi connectivity index (χ0) is 23.5. The Bertz CT molecular complexity index is 1180. The van der Waals surface area contributed by atoms with E-state index in [4.69, 9.17) is 9.94 Å². The van der Waals surface area contributed by atoms with Gasteiger partial charge in [-0.2, -0.15) is 0 Å². The van der Waals surface area contributed by atoms with E-state index in [1.165, 1.54) is 26.8 Å². The van der Waals surface area contributed by atoms with E-state index in [1.807, 2.05) is 0 Å². The molecular formula is C20H22N4O7S. The number of hydroxylamine groups is 1. The molecular weight excluding hydrogens is 440 g/mol. The molecule has 170 valence electrons. The molecule has 3 heterocycles. The van der Waals surface area contributed by atoms with Crippen LogP contribution in [-0.4, -0.2) is 83.3 Å². The smallest absolute Gasteiger partial charge is 0.410 e. The van der Waals surface area contributed by atoms with Crippen LogP contribution < -0.4 is 5.48 Å². The Morgan fingerprint density at radius 2 is 2.06 bits per heavy atom. The molecule has 11 nitrogen and oxygen atoms in total. The average Bonchev–Trinajstić information content (AvgIpc) is 3.41. The third-order valence-electron chi connectivity index (χ3n) is 5.46. The maximum atomic E-state index is 12.6. The van der Waals surface area contributed by atoms with Crippen molar-refractivity contribution in [3.8, 4) is 23.7 Å². The molecule has 0 bridgehead atoms. The van der Waals surface area contributed by atoms with Crippen molar-refractivity contribution in [1.82, 2.24) is 19.8 Å². The number of hydrogen-bond acceptors (Lipinski definition) is 7.